The van der Waals surface area contributed by atoms with Gasteiger partial charge in [0.15, 0.2) is 0 Å². The van der Waals surface area contributed by atoms with Crippen molar-refractivity contribution in [2.75, 3.05) is 5.75 Å². The summed E-state index contributed by atoms with van der Waals surface area (Å²) in [7, 11) is 0. The summed E-state index contributed by atoms with van der Waals surface area (Å²) in [6.07, 6.45) is 0.0701. The van der Waals surface area contributed by atoms with Crippen molar-refractivity contribution in [3.05, 3.63) is 28.7 Å². The summed E-state index contributed by atoms with van der Waals surface area (Å²) in [5.74, 6) is 0.00702. The van der Waals surface area contributed by atoms with Crippen LogP contribution in [-0.4, -0.2) is 27.0 Å². The Labute approximate surface area is 116 Å². The summed E-state index contributed by atoms with van der Waals surface area (Å²) in [5, 5.41) is 16.7. The minimum atomic E-state index is -0.838. The molecular weight excluding hydrogens is 320 g/mol. The third kappa shape index (κ3) is 3.58. The van der Waals surface area contributed by atoms with Crippen LogP contribution in [0.2, 0.25) is 0 Å². The van der Waals surface area contributed by atoms with Crippen molar-refractivity contribution in [2.45, 2.75) is 11.6 Å². The predicted octanol–water partition coefficient (Wildman–Crippen LogP) is 3.07. The van der Waals surface area contributed by atoms with Crippen molar-refractivity contribution in [1.82, 2.24) is 10.2 Å². The summed E-state index contributed by atoms with van der Waals surface area (Å²) in [6, 6.07) is 7.50. The van der Waals surface area contributed by atoms with Crippen molar-refractivity contribution < 1.29 is 14.3 Å². The molecule has 0 fully saturated rings. The molecule has 18 heavy (non-hydrogen) atoms. The van der Waals surface area contributed by atoms with Crippen molar-refractivity contribution >= 4 is 33.7 Å². The maximum atomic E-state index is 10.4. The van der Waals surface area contributed by atoms with Gasteiger partial charge in [0.25, 0.3) is 5.22 Å². The van der Waals surface area contributed by atoms with E-state index in [9.17, 15) is 4.79 Å². The van der Waals surface area contributed by atoms with Gasteiger partial charge in [-0.3, -0.25) is 4.79 Å². The lowest BCUT2D eigenvalue weighted by molar-refractivity contribution is -0.136. The second kappa shape index (κ2) is 6.01. The number of halogens is 1. The molecule has 1 aromatic heterocycles. The number of benzene rings is 1. The Kier molecular flexibility index (Phi) is 4.38. The molecule has 2 rings (SSSR count). The topological polar surface area (TPSA) is 76.2 Å². The lowest BCUT2D eigenvalue weighted by Gasteiger charge is -1.94. The molecule has 2 aromatic rings. The SMILES string of the molecule is O=C(O)CCSc1nnc(-c2ccc(Br)cc2)o1. The molecule has 0 unspecified atom stereocenters. The molecule has 1 N–H and O–H groups in total. The third-order valence-electron chi connectivity index (χ3n) is 2.04. The molecule has 1 aromatic carbocycles. The normalized spacial score (nSPS) is 10.5. The fraction of sp³-hybridized carbons (Fsp3) is 0.182. The van der Waals surface area contributed by atoms with Crippen LogP contribution in [0.25, 0.3) is 11.5 Å². The van der Waals surface area contributed by atoms with E-state index in [-0.39, 0.29) is 6.42 Å². The number of rotatable bonds is 5. The molecule has 0 saturated carbocycles. The Morgan fingerprint density at radius 2 is 2.06 bits per heavy atom. The number of hydrogen-bond donors (Lipinski definition) is 1. The van der Waals surface area contributed by atoms with Gasteiger partial charge in [-0.05, 0) is 24.3 Å². The van der Waals surface area contributed by atoms with Crippen molar-refractivity contribution in [3.8, 4) is 11.5 Å². The van der Waals surface area contributed by atoms with Gasteiger partial charge < -0.3 is 9.52 Å². The molecule has 7 heteroatoms. The van der Waals surface area contributed by atoms with E-state index in [1.54, 1.807) is 0 Å². The summed E-state index contributed by atoms with van der Waals surface area (Å²) in [6.45, 7) is 0. The molecule has 0 aliphatic carbocycles. The Bertz CT molecular complexity index is 541. The first-order valence-corrected chi connectivity index (χ1v) is 6.87. The molecule has 0 aliphatic heterocycles. The molecule has 1 heterocycles. The molecule has 0 atom stereocenters. The van der Waals surface area contributed by atoms with Gasteiger partial charge in [-0.25, -0.2) is 0 Å². The fourth-order valence-corrected chi connectivity index (χ4v) is 2.15. The average molecular weight is 329 g/mol. The van der Waals surface area contributed by atoms with Crippen LogP contribution < -0.4 is 0 Å². The molecule has 0 aliphatic rings. The smallest absolute Gasteiger partial charge is 0.304 e. The van der Waals surface area contributed by atoms with Gasteiger partial charge >= 0.3 is 5.97 Å². The molecule has 5 nitrogen and oxygen atoms in total. The highest BCUT2D eigenvalue weighted by atomic mass is 79.9. The Morgan fingerprint density at radius 3 is 2.72 bits per heavy atom. The van der Waals surface area contributed by atoms with Crippen molar-refractivity contribution in [3.63, 3.8) is 0 Å². The predicted molar refractivity (Wildman–Crippen MR) is 70.4 cm³/mol. The van der Waals surface area contributed by atoms with E-state index in [2.05, 4.69) is 26.1 Å². The maximum absolute atomic E-state index is 10.4. The van der Waals surface area contributed by atoms with Crippen LogP contribution in [0.15, 0.2) is 38.4 Å². The quantitative estimate of drug-likeness (QED) is 0.850. The lowest BCUT2D eigenvalue weighted by Crippen LogP contribution is -1.95. The minimum absolute atomic E-state index is 0.0701. The van der Waals surface area contributed by atoms with Crippen LogP contribution in [0.5, 0.6) is 0 Å². The van der Waals surface area contributed by atoms with Gasteiger partial charge in [0, 0.05) is 15.8 Å². The van der Waals surface area contributed by atoms with E-state index in [4.69, 9.17) is 9.52 Å². The molecule has 0 radical (unpaired) electrons. The Balaban J connectivity index is 2.01. The zero-order valence-electron chi connectivity index (χ0n) is 9.17. The average Bonchev–Trinajstić information content (AvgIpc) is 2.78. The summed E-state index contributed by atoms with van der Waals surface area (Å²) >= 11 is 4.58. The Morgan fingerprint density at radius 1 is 1.33 bits per heavy atom. The van der Waals surface area contributed by atoms with Crippen LogP contribution in [0.1, 0.15) is 6.42 Å². The molecular formula is C11H9BrN2O3S. The third-order valence-corrected chi connectivity index (χ3v) is 3.39. The highest BCUT2D eigenvalue weighted by Gasteiger charge is 2.09. The van der Waals surface area contributed by atoms with Crippen molar-refractivity contribution in [2.24, 2.45) is 0 Å². The molecule has 94 valence electrons. The summed E-state index contributed by atoms with van der Waals surface area (Å²) in [5.41, 5.74) is 0.829. The van der Waals surface area contributed by atoms with Gasteiger partial charge in [0.05, 0.1) is 6.42 Å². The first kappa shape index (κ1) is 13.1. The molecule has 0 spiro atoms. The summed E-state index contributed by atoms with van der Waals surface area (Å²) in [4.78, 5) is 10.4. The van der Waals surface area contributed by atoms with E-state index in [0.717, 1.165) is 10.0 Å². The zero-order chi connectivity index (χ0) is 13.0. The van der Waals surface area contributed by atoms with Crippen molar-refractivity contribution in [1.29, 1.82) is 0 Å². The number of carboxylic acid groups (broad SMARTS) is 1. The number of carboxylic acids is 1. The van der Waals surface area contributed by atoms with E-state index < -0.39 is 5.97 Å². The van der Waals surface area contributed by atoms with E-state index in [1.807, 2.05) is 24.3 Å². The fourth-order valence-electron chi connectivity index (χ4n) is 1.20. The number of hydrogen-bond acceptors (Lipinski definition) is 5. The first-order valence-electron chi connectivity index (χ1n) is 5.09. The monoisotopic (exact) mass is 328 g/mol. The zero-order valence-corrected chi connectivity index (χ0v) is 11.6. The summed E-state index contributed by atoms with van der Waals surface area (Å²) < 4.78 is 6.40. The first-order chi connectivity index (χ1) is 8.65. The van der Waals surface area contributed by atoms with E-state index in [0.29, 0.717) is 16.9 Å². The van der Waals surface area contributed by atoms with E-state index >= 15 is 0 Å². The molecule has 0 bridgehead atoms. The minimum Gasteiger partial charge on any atom is -0.481 e. The maximum Gasteiger partial charge on any atom is 0.304 e. The number of aromatic nitrogens is 2. The highest BCUT2D eigenvalue weighted by molar-refractivity contribution is 9.10. The largest absolute Gasteiger partial charge is 0.481 e. The number of carbonyl (C=O) groups is 1. The van der Waals surface area contributed by atoms with Crippen LogP contribution >= 0.6 is 27.7 Å². The van der Waals surface area contributed by atoms with Gasteiger partial charge in [-0.15, -0.1) is 10.2 Å². The Hall–Kier alpha value is -1.34. The lowest BCUT2D eigenvalue weighted by atomic mass is 10.2. The van der Waals surface area contributed by atoms with Crippen LogP contribution in [0.3, 0.4) is 0 Å². The van der Waals surface area contributed by atoms with Gasteiger partial charge in [0.2, 0.25) is 5.89 Å². The van der Waals surface area contributed by atoms with Gasteiger partial charge in [0.1, 0.15) is 0 Å². The van der Waals surface area contributed by atoms with Gasteiger partial charge in [-0.2, -0.15) is 0 Å². The van der Waals surface area contributed by atoms with Crippen LogP contribution in [-0.2, 0) is 4.79 Å². The number of nitrogens with zero attached hydrogens (tertiary/aromatic N) is 2. The second-order valence-electron chi connectivity index (χ2n) is 3.37. The standard InChI is InChI=1S/C11H9BrN2O3S/c12-8-3-1-7(2-4-8)10-13-14-11(17-10)18-6-5-9(15)16/h1-4H,5-6H2,(H,15,16). The highest BCUT2D eigenvalue weighted by Crippen LogP contribution is 2.24. The van der Waals surface area contributed by atoms with Crippen LogP contribution in [0.4, 0.5) is 0 Å². The number of aliphatic carboxylic acids is 1. The van der Waals surface area contributed by atoms with E-state index in [1.165, 1.54) is 11.8 Å². The molecule has 0 amide bonds. The van der Waals surface area contributed by atoms with Gasteiger partial charge in [-0.1, -0.05) is 27.7 Å². The van der Waals surface area contributed by atoms with Crippen LogP contribution in [0, 0.1) is 0 Å². The molecule has 0 saturated heterocycles. The number of thioether (sulfide) groups is 1. The second-order valence-corrected chi connectivity index (χ2v) is 5.33.